The number of nitrogens with zero attached hydrogens (tertiary/aromatic N) is 1. The van der Waals surface area contributed by atoms with Crippen LogP contribution >= 0.6 is 0 Å². The second-order valence-electron chi connectivity index (χ2n) is 2.83. The number of oxime groups is 1. The maximum atomic E-state index is 12.5. The third-order valence-electron chi connectivity index (χ3n) is 1.83. The Morgan fingerprint density at radius 3 is 2.57 bits per heavy atom. The quantitative estimate of drug-likeness (QED) is 0.446. The summed E-state index contributed by atoms with van der Waals surface area (Å²) in [6.45, 7) is 1.89. The molecule has 3 heteroatoms. The molecule has 74 valence electrons. The van der Waals surface area contributed by atoms with Crippen LogP contribution in [0, 0.1) is 5.82 Å². The van der Waals surface area contributed by atoms with Crippen molar-refractivity contribution < 1.29 is 9.60 Å². The fraction of sp³-hybridized carbons (Fsp3) is 0.182. The lowest BCUT2D eigenvalue weighted by atomic mass is 10.2. The Morgan fingerprint density at radius 2 is 2.07 bits per heavy atom. The normalized spacial score (nSPS) is 12.3. The zero-order valence-corrected chi connectivity index (χ0v) is 7.94. The lowest BCUT2D eigenvalue weighted by molar-refractivity contribution is 0.318. The topological polar surface area (TPSA) is 32.6 Å². The van der Waals surface area contributed by atoms with Gasteiger partial charge in [-0.1, -0.05) is 30.3 Å². The Bertz CT molecular complexity index is 341. The van der Waals surface area contributed by atoms with Gasteiger partial charge in [0.15, 0.2) is 0 Å². The molecule has 1 N–H and O–H groups in total. The minimum absolute atomic E-state index is 0.256. The SMILES string of the molecule is CCC(C=Cc1ccc(F)cc1)=NO. The number of hydrogen-bond acceptors (Lipinski definition) is 2. The molecule has 0 atom stereocenters. The third-order valence-corrected chi connectivity index (χ3v) is 1.83. The van der Waals surface area contributed by atoms with Gasteiger partial charge in [0.2, 0.25) is 0 Å². The van der Waals surface area contributed by atoms with E-state index >= 15 is 0 Å². The molecule has 0 amide bonds. The van der Waals surface area contributed by atoms with Crippen LogP contribution in [0.5, 0.6) is 0 Å². The van der Waals surface area contributed by atoms with Crippen LogP contribution in [0.3, 0.4) is 0 Å². The lowest BCUT2D eigenvalue weighted by Crippen LogP contribution is -1.88. The second-order valence-corrected chi connectivity index (χ2v) is 2.83. The van der Waals surface area contributed by atoms with Gasteiger partial charge in [-0.25, -0.2) is 4.39 Å². The first-order chi connectivity index (χ1) is 6.76. The highest BCUT2D eigenvalue weighted by Crippen LogP contribution is 2.05. The van der Waals surface area contributed by atoms with Crippen LogP contribution < -0.4 is 0 Å². The minimum Gasteiger partial charge on any atom is -0.411 e. The summed E-state index contributed by atoms with van der Waals surface area (Å²) in [7, 11) is 0. The molecule has 2 nitrogen and oxygen atoms in total. The van der Waals surface area contributed by atoms with Crippen LogP contribution in [-0.2, 0) is 0 Å². The largest absolute Gasteiger partial charge is 0.411 e. The van der Waals surface area contributed by atoms with E-state index in [1.165, 1.54) is 12.1 Å². The van der Waals surface area contributed by atoms with E-state index in [9.17, 15) is 4.39 Å². The number of allylic oxidation sites excluding steroid dienone is 1. The summed E-state index contributed by atoms with van der Waals surface area (Å²) in [5, 5.41) is 11.6. The highest BCUT2D eigenvalue weighted by atomic mass is 19.1. The number of rotatable bonds is 3. The summed E-state index contributed by atoms with van der Waals surface area (Å²) >= 11 is 0. The fourth-order valence-corrected chi connectivity index (χ4v) is 0.988. The third kappa shape index (κ3) is 3.01. The van der Waals surface area contributed by atoms with Crippen molar-refractivity contribution in [3.63, 3.8) is 0 Å². The molecule has 0 saturated heterocycles. The molecule has 0 fully saturated rings. The van der Waals surface area contributed by atoms with Crippen LogP contribution in [0.15, 0.2) is 35.5 Å². The van der Waals surface area contributed by atoms with Gasteiger partial charge in [0.05, 0.1) is 5.71 Å². The van der Waals surface area contributed by atoms with E-state index in [0.29, 0.717) is 12.1 Å². The van der Waals surface area contributed by atoms with E-state index in [0.717, 1.165) is 5.56 Å². The highest BCUT2D eigenvalue weighted by Gasteiger charge is 1.91. The van der Waals surface area contributed by atoms with Crippen molar-refractivity contribution in [3.05, 3.63) is 41.7 Å². The van der Waals surface area contributed by atoms with Gasteiger partial charge in [0, 0.05) is 0 Å². The molecule has 1 aromatic carbocycles. The molecule has 0 spiro atoms. The molecule has 0 aromatic heterocycles. The second kappa shape index (κ2) is 5.17. The van der Waals surface area contributed by atoms with Crippen molar-refractivity contribution in [2.24, 2.45) is 5.16 Å². The van der Waals surface area contributed by atoms with Crippen molar-refractivity contribution in [2.45, 2.75) is 13.3 Å². The van der Waals surface area contributed by atoms with Crippen molar-refractivity contribution in [1.82, 2.24) is 0 Å². The molecule has 1 rings (SSSR count). The van der Waals surface area contributed by atoms with E-state index in [4.69, 9.17) is 5.21 Å². The molecule has 0 unspecified atom stereocenters. The van der Waals surface area contributed by atoms with E-state index in [1.54, 1.807) is 24.3 Å². The molecule has 1 aromatic rings. The zero-order valence-electron chi connectivity index (χ0n) is 7.94. The first-order valence-electron chi connectivity index (χ1n) is 4.41. The Labute approximate surface area is 82.4 Å². The van der Waals surface area contributed by atoms with Gasteiger partial charge < -0.3 is 5.21 Å². The maximum Gasteiger partial charge on any atom is 0.123 e. The molecular formula is C11H12FNO. The Kier molecular flexibility index (Phi) is 3.85. The smallest absolute Gasteiger partial charge is 0.123 e. The summed E-state index contributed by atoms with van der Waals surface area (Å²) in [4.78, 5) is 0. The van der Waals surface area contributed by atoms with Gasteiger partial charge in [0.25, 0.3) is 0 Å². The summed E-state index contributed by atoms with van der Waals surface area (Å²) in [6.07, 6.45) is 4.14. The number of halogens is 1. The monoisotopic (exact) mass is 193 g/mol. The average Bonchev–Trinajstić information content (AvgIpc) is 2.22. The predicted octanol–water partition coefficient (Wildman–Crippen LogP) is 3.08. The average molecular weight is 193 g/mol. The summed E-state index contributed by atoms with van der Waals surface area (Å²) in [6, 6.07) is 6.11. The number of hydrogen-bond donors (Lipinski definition) is 1. The predicted molar refractivity (Wildman–Crippen MR) is 54.9 cm³/mol. The Hall–Kier alpha value is -1.64. The first-order valence-corrected chi connectivity index (χ1v) is 4.41. The van der Waals surface area contributed by atoms with Gasteiger partial charge in [-0.15, -0.1) is 0 Å². The van der Waals surface area contributed by atoms with E-state index in [-0.39, 0.29) is 5.82 Å². The van der Waals surface area contributed by atoms with Gasteiger partial charge in [-0.05, 0) is 30.2 Å². The van der Waals surface area contributed by atoms with Crippen LogP contribution in [0.2, 0.25) is 0 Å². The maximum absolute atomic E-state index is 12.5. The minimum atomic E-state index is -0.256. The van der Waals surface area contributed by atoms with Gasteiger partial charge in [-0.2, -0.15) is 0 Å². The molecule has 0 bridgehead atoms. The van der Waals surface area contributed by atoms with E-state index < -0.39 is 0 Å². The Balaban J connectivity index is 2.73. The molecule has 0 aliphatic carbocycles. The molecule has 14 heavy (non-hydrogen) atoms. The van der Waals surface area contributed by atoms with Crippen LogP contribution in [0.25, 0.3) is 6.08 Å². The van der Waals surface area contributed by atoms with Gasteiger partial charge in [0.1, 0.15) is 5.82 Å². The summed E-state index contributed by atoms with van der Waals surface area (Å²) < 4.78 is 12.5. The van der Waals surface area contributed by atoms with Crippen molar-refractivity contribution in [1.29, 1.82) is 0 Å². The van der Waals surface area contributed by atoms with E-state index in [1.807, 2.05) is 6.92 Å². The van der Waals surface area contributed by atoms with Crippen LogP contribution in [0.1, 0.15) is 18.9 Å². The molecule has 0 aliphatic rings. The Morgan fingerprint density at radius 1 is 1.43 bits per heavy atom. The highest BCUT2D eigenvalue weighted by molar-refractivity contribution is 5.97. The molecule has 0 heterocycles. The van der Waals surface area contributed by atoms with E-state index in [2.05, 4.69) is 5.16 Å². The number of benzene rings is 1. The van der Waals surface area contributed by atoms with Crippen molar-refractivity contribution in [3.8, 4) is 0 Å². The molecule has 0 aliphatic heterocycles. The van der Waals surface area contributed by atoms with Crippen molar-refractivity contribution >= 4 is 11.8 Å². The summed E-state index contributed by atoms with van der Waals surface area (Å²) in [5.74, 6) is -0.256. The lowest BCUT2D eigenvalue weighted by Gasteiger charge is -1.93. The summed E-state index contributed by atoms with van der Waals surface area (Å²) in [5.41, 5.74) is 1.47. The van der Waals surface area contributed by atoms with Crippen LogP contribution in [0.4, 0.5) is 4.39 Å². The standard InChI is InChI=1S/C11H12FNO/c1-2-11(13-14)8-5-9-3-6-10(12)7-4-9/h3-8,14H,2H2,1H3. The molecular weight excluding hydrogens is 181 g/mol. The first kappa shape index (κ1) is 10.4. The fourth-order valence-electron chi connectivity index (χ4n) is 0.988. The van der Waals surface area contributed by atoms with Crippen molar-refractivity contribution in [2.75, 3.05) is 0 Å². The molecule has 0 radical (unpaired) electrons. The van der Waals surface area contributed by atoms with Crippen LogP contribution in [-0.4, -0.2) is 10.9 Å². The molecule has 0 saturated carbocycles. The van der Waals surface area contributed by atoms with Gasteiger partial charge >= 0.3 is 0 Å². The van der Waals surface area contributed by atoms with Gasteiger partial charge in [-0.3, -0.25) is 0 Å². The zero-order chi connectivity index (χ0) is 10.4.